The van der Waals surface area contributed by atoms with Crippen molar-refractivity contribution in [2.24, 2.45) is 5.92 Å². The fourth-order valence-electron chi connectivity index (χ4n) is 1.66. The summed E-state index contributed by atoms with van der Waals surface area (Å²) < 4.78 is 9.63. The van der Waals surface area contributed by atoms with Gasteiger partial charge in [0.15, 0.2) is 5.78 Å². The van der Waals surface area contributed by atoms with Gasteiger partial charge in [0.05, 0.1) is 13.2 Å². The highest BCUT2D eigenvalue weighted by Crippen LogP contribution is 2.15. The average Bonchev–Trinajstić information content (AvgIpc) is 2.30. The highest BCUT2D eigenvalue weighted by Gasteiger charge is 2.36. The second-order valence-electron chi connectivity index (χ2n) is 3.67. The van der Waals surface area contributed by atoms with Crippen molar-refractivity contribution in [3.63, 3.8) is 0 Å². The maximum Gasteiger partial charge on any atom is 0.409 e. The summed E-state index contributed by atoms with van der Waals surface area (Å²) >= 11 is 0. The van der Waals surface area contributed by atoms with E-state index in [2.05, 4.69) is 0 Å². The average molecular weight is 243 g/mol. The van der Waals surface area contributed by atoms with Gasteiger partial charge in [-0.3, -0.25) is 9.59 Å². The number of carbonyl (C=O) groups excluding carboxylic acids is 3. The number of ether oxygens (including phenoxy) is 2. The Morgan fingerprint density at radius 1 is 1.29 bits per heavy atom. The molecule has 1 fully saturated rings. The topological polar surface area (TPSA) is 72.9 Å². The van der Waals surface area contributed by atoms with Gasteiger partial charge in [-0.05, 0) is 13.8 Å². The summed E-state index contributed by atoms with van der Waals surface area (Å²) in [7, 11) is 0. The molecule has 1 aliphatic rings. The minimum absolute atomic E-state index is 0.0521. The molecular weight excluding hydrogens is 226 g/mol. The van der Waals surface area contributed by atoms with Crippen LogP contribution in [0.15, 0.2) is 0 Å². The van der Waals surface area contributed by atoms with Crippen LogP contribution < -0.4 is 0 Å². The summed E-state index contributed by atoms with van der Waals surface area (Å²) in [5.74, 6) is -1.61. The van der Waals surface area contributed by atoms with Crippen molar-refractivity contribution in [1.82, 2.24) is 4.90 Å². The number of nitrogens with zero attached hydrogens (tertiary/aromatic N) is 1. The normalized spacial score (nSPS) is 20.0. The van der Waals surface area contributed by atoms with E-state index in [0.29, 0.717) is 6.54 Å². The van der Waals surface area contributed by atoms with Crippen LogP contribution in [-0.4, -0.2) is 49.0 Å². The lowest BCUT2D eigenvalue weighted by Crippen LogP contribution is -2.47. The zero-order valence-electron chi connectivity index (χ0n) is 10.1. The molecule has 1 rings (SSSR count). The Bertz CT molecular complexity index is 315. The van der Waals surface area contributed by atoms with Gasteiger partial charge in [-0.2, -0.15) is 0 Å². The molecule has 1 aliphatic heterocycles. The predicted molar refractivity (Wildman–Crippen MR) is 58.3 cm³/mol. The third-order valence-electron chi connectivity index (χ3n) is 2.52. The van der Waals surface area contributed by atoms with E-state index in [1.165, 1.54) is 4.90 Å². The van der Waals surface area contributed by atoms with Gasteiger partial charge >= 0.3 is 12.1 Å². The van der Waals surface area contributed by atoms with Gasteiger partial charge in [-0.15, -0.1) is 0 Å². The lowest BCUT2D eigenvalue weighted by Gasteiger charge is -2.29. The number of hydrogen-bond donors (Lipinski definition) is 0. The van der Waals surface area contributed by atoms with Crippen molar-refractivity contribution in [3.8, 4) is 0 Å². The smallest absolute Gasteiger partial charge is 0.409 e. The number of hydrogen-bond acceptors (Lipinski definition) is 5. The van der Waals surface area contributed by atoms with Gasteiger partial charge in [0.1, 0.15) is 5.92 Å². The Morgan fingerprint density at radius 2 is 1.94 bits per heavy atom. The molecule has 17 heavy (non-hydrogen) atoms. The van der Waals surface area contributed by atoms with Crippen LogP contribution >= 0.6 is 0 Å². The van der Waals surface area contributed by atoms with Crippen molar-refractivity contribution in [2.45, 2.75) is 20.3 Å². The second-order valence-corrected chi connectivity index (χ2v) is 3.67. The number of carbonyl (C=O) groups is 3. The minimum Gasteiger partial charge on any atom is -0.465 e. The Kier molecular flexibility index (Phi) is 4.93. The maximum absolute atomic E-state index is 11.6. The monoisotopic (exact) mass is 243 g/mol. The van der Waals surface area contributed by atoms with Crippen LogP contribution in [0.1, 0.15) is 20.3 Å². The first kappa shape index (κ1) is 13.5. The number of likely N-dealkylation sites (tertiary alicyclic amines) is 1. The summed E-state index contributed by atoms with van der Waals surface area (Å²) in [5, 5.41) is 0. The van der Waals surface area contributed by atoms with Crippen molar-refractivity contribution >= 4 is 17.8 Å². The van der Waals surface area contributed by atoms with Gasteiger partial charge in [-0.1, -0.05) is 0 Å². The predicted octanol–water partition coefficient (Wildman–Crippen LogP) is 0.597. The zero-order valence-corrected chi connectivity index (χ0v) is 10.1. The van der Waals surface area contributed by atoms with Crippen LogP contribution in [0, 0.1) is 5.92 Å². The molecule has 1 amide bonds. The van der Waals surface area contributed by atoms with Crippen molar-refractivity contribution in [1.29, 1.82) is 0 Å². The van der Waals surface area contributed by atoms with E-state index in [-0.39, 0.29) is 32.0 Å². The fourth-order valence-corrected chi connectivity index (χ4v) is 1.66. The third-order valence-corrected chi connectivity index (χ3v) is 2.52. The van der Waals surface area contributed by atoms with Gasteiger partial charge in [-0.25, -0.2) is 4.79 Å². The summed E-state index contributed by atoms with van der Waals surface area (Å²) in [6.07, 6.45) is -0.322. The van der Waals surface area contributed by atoms with E-state index in [9.17, 15) is 14.4 Å². The first-order valence-electron chi connectivity index (χ1n) is 5.71. The molecule has 0 radical (unpaired) electrons. The standard InChI is InChI=1S/C11H17NO5/c1-3-16-10(14)8-7-12(6-5-9(8)13)11(15)17-4-2/h8H,3-7H2,1-2H3/t8-/m1/s1. The molecule has 1 saturated heterocycles. The van der Waals surface area contributed by atoms with Crippen LogP contribution in [0.4, 0.5) is 4.79 Å². The minimum atomic E-state index is -0.867. The molecule has 0 spiro atoms. The molecule has 0 aliphatic carbocycles. The number of ketones is 1. The number of esters is 1. The first-order valence-corrected chi connectivity index (χ1v) is 5.71. The molecule has 96 valence electrons. The molecule has 6 nitrogen and oxygen atoms in total. The van der Waals surface area contributed by atoms with E-state index in [4.69, 9.17) is 9.47 Å². The highest BCUT2D eigenvalue weighted by molar-refractivity contribution is 6.00. The highest BCUT2D eigenvalue weighted by atomic mass is 16.6. The largest absolute Gasteiger partial charge is 0.465 e. The Morgan fingerprint density at radius 3 is 2.53 bits per heavy atom. The first-order chi connectivity index (χ1) is 8.10. The lowest BCUT2D eigenvalue weighted by molar-refractivity contribution is -0.153. The molecule has 0 aromatic rings. The third kappa shape index (κ3) is 3.44. The summed E-state index contributed by atoms with van der Waals surface area (Å²) in [4.78, 5) is 35.9. The van der Waals surface area contributed by atoms with E-state index in [1.54, 1.807) is 13.8 Å². The fraction of sp³-hybridized carbons (Fsp3) is 0.727. The van der Waals surface area contributed by atoms with Gasteiger partial charge in [0.25, 0.3) is 0 Å². The molecule has 0 bridgehead atoms. The van der Waals surface area contributed by atoms with Crippen LogP contribution in [0.2, 0.25) is 0 Å². The van der Waals surface area contributed by atoms with E-state index >= 15 is 0 Å². The zero-order chi connectivity index (χ0) is 12.8. The van der Waals surface area contributed by atoms with Crippen LogP contribution in [-0.2, 0) is 19.1 Å². The van der Waals surface area contributed by atoms with Crippen molar-refractivity contribution < 1.29 is 23.9 Å². The number of Topliss-reactive ketones (excluding diaryl/α,β-unsaturated/α-hetero) is 1. The van der Waals surface area contributed by atoms with E-state index < -0.39 is 18.0 Å². The Hall–Kier alpha value is -1.59. The molecule has 0 saturated carbocycles. The molecule has 0 unspecified atom stereocenters. The summed E-state index contributed by atoms with van der Waals surface area (Å²) in [6, 6.07) is 0. The van der Waals surface area contributed by atoms with Crippen LogP contribution in [0.5, 0.6) is 0 Å². The van der Waals surface area contributed by atoms with Crippen molar-refractivity contribution in [3.05, 3.63) is 0 Å². The molecule has 1 atom stereocenters. The number of rotatable bonds is 3. The maximum atomic E-state index is 11.6. The van der Waals surface area contributed by atoms with Crippen LogP contribution in [0.3, 0.4) is 0 Å². The molecule has 6 heteroatoms. The SMILES string of the molecule is CCOC(=O)[C@@H]1CN(C(=O)OCC)CCC1=O. The number of amides is 1. The molecule has 1 heterocycles. The molecule has 0 aromatic carbocycles. The molecule has 0 aromatic heterocycles. The molecule has 0 N–H and O–H groups in total. The van der Waals surface area contributed by atoms with Gasteiger partial charge < -0.3 is 14.4 Å². The Labute approximate surface area is 99.9 Å². The summed E-state index contributed by atoms with van der Waals surface area (Å²) in [6.45, 7) is 4.23. The van der Waals surface area contributed by atoms with Gasteiger partial charge in [0.2, 0.25) is 0 Å². The molecular formula is C11H17NO5. The van der Waals surface area contributed by atoms with Crippen LogP contribution in [0.25, 0.3) is 0 Å². The van der Waals surface area contributed by atoms with E-state index in [0.717, 1.165) is 0 Å². The lowest BCUT2D eigenvalue weighted by atomic mass is 9.97. The van der Waals surface area contributed by atoms with Gasteiger partial charge in [0, 0.05) is 19.5 Å². The quantitative estimate of drug-likeness (QED) is 0.536. The summed E-state index contributed by atoms with van der Waals surface area (Å²) in [5.41, 5.74) is 0. The second kappa shape index (κ2) is 6.22. The number of piperidine rings is 1. The Balaban J connectivity index is 2.62. The van der Waals surface area contributed by atoms with E-state index in [1.807, 2.05) is 0 Å². The van der Waals surface area contributed by atoms with Crippen molar-refractivity contribution in [2.75, 3.05) is 26.3 Å².